The molecular formula is C42H66N3O+. The fourth-order valence-electron chi connectivity index (χ4n) is 9.67. The Bertz CT molecular complexity index is 1240. The Morgan fingerprint density at radius 2 is 1.83 bits per heavy atom. The Labute approximate surface area is 282 Å². The first-order chi connectivity index (χ1) is 21.9. The Balaban J connectivity index is 1.76. The second-order valence-electron chi connectivity index (χ2n) is 17.0. The van der Waals surface area contributed by atoms with Gasteiger partial charge in [0.1, 0.15) is 11.7 Å². The van der Waals surface area contributed by atoms with Gasteiger partial charge in [0, 0.05) is 30.1 Å². The molecule has 2 aliphatic heterocycles. The average molecular weight is 629 g/mol. The van der Waals surface area contributed by atoms with Crippen LogP contribution in [-0.4, -0.2) is 40.1 Å². The van der Waals surface area contributed by atoms with Gasteiger partial charge in [0.25, 0.3) is 0 Å². The van der Waals surface area contributed by atoms with Gasteiger partial charge in [-0.25, -0.2) is 0 Å². The van der Waals surface area contributed by atoms with E-state index in [2.05, 4.69) is 94.1 Å². The van der Waals surface area contributed by atoms with Crippen molar-refractivity contribution in [1.82, 2.24) is 15.1 Å². The lowest BCUT2D eigenvalue weighted by molar-refractivity contribution is 0.0368. The molecule has 3 fully saturated rings. The van der Waals surface area contributed by atoms with Crippen molar-refractivity contribution < 1.29 is 5.11 Å². The number of allylic oxidation sites excluding steroid dienone is 5. The van der Waals surface area contributed by atoms with Gasteiger partial charge in [-0.1, -0.05) is 78.7 Å². The summed E-state index contributed by atoms with van der Waals surface area (Å²) in [5.41, 5.74) is 8.15. The molecule has 2 saturated carbocycles. The summed E-state index contributed by atoms with van der Waals surface area (Å²) in [5.74, 6) is 4.50. The first kappa shape index (κ1) is 35.0. The number of aliphatic hydroxyl groups excluding tert-OH is 1. The highest BCUT2D eigenvalue weighted by atomic mass is 16.3. The molecule has 5 rings (SSSR count). The smallest absolute Gasteiger partial charge is 0.179 e. The summed E-state index contributed by atoms with van der Waals surface area (Å²) < 4.78 is 0. The molecule has 0 spiro atoms. The minimum atomic E-state index is -0.352. The molecule has 46 heavy (non-hydrogen) atoms. The van der Waals surface area contributed by atoms with Crippen molar-refractivity contribution in [3.05, 3.63) is 71.5 Å². The highest BCUT2D eigenvalue weighted by Crippen LogP contribution is 2.69. The third-order valence-electron chi connectivity index (χ3n) is 12.3. The third kappa shape index (κ3) is 7.09. The standard InChI is InChI=1S/C42H66N3O/c1-10-31(5)45(33-21-15-12-16-22-33)40-37(32(6)44-26-18-13-19-27-44)38(34-23-17-11-14-20-30(34)4)35-28-42(35,39(43-40)29(2)3)36(46)24-25-41(7,8)9/h15,21-22,30,34-36,38-39,43,46H,1,6,11-14,16-20,23-28H2,2-5,7-9H3/q+1. The predicted octanol–water partition coefficient (Wildman–Crippen LogP) is 10.0. The van der Waals surface area contributed by atoms with Gasteiger partial charge < -0.3 is 15.3 Å². The van der Waals surface area contributed by atoms with Crippen molar-refractivity contribution in [2.75, 3.05) is 13.1 Å². The number of fused-ring (bicyclic) bond motifs is 1. The van der Waals surface area contributed by atoms with Gasteiger partial charge in [0.05, 0.1) is 31.1 Å². The van der Waals surface area contributed by atoms with Crippen molar-refractivity contribution in [2.45, 2.75) is 144 Å². The molecule has 2 heterocycles. The summed E-state index contributed by atoms with van der Waals surface area (Å²) >= 11 is 0. The van der Waals surface area contributed by atoms with Crippen molar-refractivity contribution in [2.24, 2.45) is 34.5 Å². The Kier molecular flexibility index (Phi) is 11.0. The lowest BCUT2D eigenvalue weighted by Gasteiger charge is -2.41. The van der Waals surface area contributed by atoms with Gasteiger partial charge in [-0.05, 0) is 99.9 Å². The number of likely N-dealkylation sites (tertiary alicyclic amines) is 1. The summed E-state index contributed by atoms with van der Waals surface area (Å²) in [6.07, 6.45) is 22.0. The summed E-state index contributed by atoms with van der Waals surface area (Å²) in [6.45, 7) is 27.5. The molecule has 2 N–H and O–H groups in total. The van der Waals surface area contributed by atoms with E-state index in [4.69, 9.17) is 6.58 Å². The molecule has 4 heteroatoms. The van der Waals surface area contributed by atoms with Crippen LogP contribution in [0.2, 0.25) is 0 Å². The van der Waals surface area contributed by atoms with Crippen LogP contribution in [0.1, 0.15) is 132 Å². The Hall–Kier alpha value is -2.29. The molecule has 0 aromatic rings. The number of nitrogens with one attached hydrogen (secondary N) is 1. The minimum absolute atomic E-state index is 0.0750. The van der Waals surface area contributed by atoms with Gasteiger partial charge in [-0.3, -0.25) is 4.90 Å². The second-order valence-corrected chi connectivity index (χ2v) is 17.0. The molecule has 0 radical (unpaired) electrons. The highest BCUT2D eigenvalue weighted by molar-refractivity contribution is 5.45. The molecule has 0 amide bonds. The quantitative estimate of drug-likeness (QED) is 0.143. The fourth-order valence-corrected chi connectivity index (χ4v) is 9.67. The van der Waals surface area contributed by atoms with E-state index in [1.54, 1.807) is 0 Å². The Morgan fingerprint density at radius 3 is 2.46 bits per heavy atom. The van der Waals surface area contributed by atoms with Crippen LogP contribution in [0.3, 0.4) is 0 Å². The van der Waals surface area contributed by atoms with E-state index in [-0.39, 0.29) is 23.0 Å². The summed E-state index contributed by atoms with van der Waals surface area (Å²) in [6, 6.07) is 0.0750. The number of rotatable bonds is 10. The molecule has 0 bridgehead atoms. The first-order valence-corrected chi connectivity index (χ1v) is 18.9. The molecule has 7 unspecified atom stereocenters. The normalized spacial score (nSPS) is 32.2. The summed E-state index contributed by atoms with van der Waals surface area (Å²) in [5, 5.41) is 16.7. The molecule has 254 valence electrons. The van der Waals surface area contributed by atoms with E-state index in [1.807, 2.05) is 0 Å². The van der Waals surface area contributed by atoms with Crippen molar-refractivity contribution >= 4 is 0 Å². The van der Waals surface area contributed by atoms with E-state index in [9.17, 15) is 5.11 Å². The number of aliphatic hydroxyl groups is 1. The van der Waals surface area contributed by atoms with E-state index < -0.39 is 0 Å². The molecule has 4 nitrogen and oxygen atoms in total. The predicted molar refractivity (Wildman–Crippen MR) is 194 cm³/mol. The number of hydrogen-bond donors (Lipinski definition) is 2. The number of piperidine rings is 1. The van der Waals surface area contributed by atoms with E-state index in [0.29, 0.717) is 23.7 Å². The fraction of sp³-hybridized carbons (Fsp3) is 0.714. The molecule has 3 aliphatic carbocycles. The van der Waals surface area contributed by atoms with Crippen LogP contribution < -0.4 is 5.32 Å². The molecule has 7 atom stereocenters. The largest absolute Gasteiger partial charge is 0.392 e. The van der Waals surface area contributed by atoms with Crippen LogP contribution in [-0.2, 0) is 0 Å². The lowest BCUT2D eigenvalue weighted by atomic mass is 9.69. The second kappa shape index (κ2) is 14.4. The first-order valence-electron chi connectivity index (χ1n) is 18.9. The number of hydrogen-bond acceptors (Lipinski definition) is 4. The summed E-state index contributed by atoms with van der Waals surface area (Å²) in [7, 11) is 0. The van der Waals surface area contributed by atoms with Crippen molar-refractivity contribution in [3.63, 3.8) is 0 Å². The van der Waals surface area contributed by atoms with Gasteiger partial charge in [0.2, 0.25) is 0 Å². The molecule has 1 saturated heterocycles. The molecule has 5 aliphatic rings. The molecular weight excluding hydrogens is 562 g/mol. The van der Waals surface area contributed by atoms with Gasteiger partial charge in [-0.2, -0.15) is 0 Å². The highest BCUT2D eigenvalue weighted by Gasteiger charge is 2.72. The number of nitrogens with zero attached hydrogens (tertiary/aromatic N) is 2. The topological polar surface area (TPSA) is 38.7 Å². The SMILES string of the molecule is C=C=C(C)N(C1=CCCC=C1)C1=C(C(=C)N2CCCCC2)C(C2CCCCCC2C)C2CC2(C(O)CCC(C)(C)C)C([C+](C)C)N1. The van der Waals surface area contributed by atoms with Crippen LogP contribution in [0.5, 0.6) is 0 Å². The van der Waals surface area contributed by atoms with Crippen molar-refractivity contribution in [3.8, 4) is 0 Å². The monoisotopic (exact) mass is 629 g/mol. The zero-order valence-corrected chi connectivity index (χ0v) is 30.6. The maximum Gasteiger partial charge on any atom is 0.179 e. The zero-order valence-electron chi connectivity index (χ0n) is 30.6. The van der Waals surface area contributed by atoms with E-state index in [1.165, 1.54) is 80.1 Å². The maximum atomic E-state index is 12.5. The van der Waals surface area contributed by atoms with Gasteiger partial charge in [-0.15, -0.1) is 5.73 Å². The maximum absolute atomic E-state index is 12.5. The van der Waals surface area contributed by atoms with Crippen LogP contribution in [0.15, 0.2) is 65.6 Å². The van der Waals surface area contributed by atoms with Crippen LogP contribution >= 0.6 is 0 Å². The Morgan fingerprint density at radius 1 is 1.13 bits per heavy atom. The zero-order chi connectivity index (χ0) is 33.2. The third-order valence-corrected chi connectivity index (χ3v) is 12.3. The van der Waals surface area contributed by atoms with E-state index >= 15 is 0 Å². The van der Waals surface area contributed by atoms with Crippen LogP contribution in [0.25, 0.3) is 0 Å². The molecule has 0 aromatic carbocycles. The lowest BCUT2D eigenvalue weighted by Crippen LogP contribution is -2.49. The molecule has 0 aromatic heterocycles. The average Bonchev–Trinajstić information content (AvgIpc) is 3.82. The van der Waals surface area contributed by atoms with E-state index in [0.717, 1.165) is 50.9 Å². The van der Waals surface area contributed by atoms with Gasteiger partial charge >= 0.3 is 0 Å². The van der Waals surface area contributed by atoms with Crippen molar-refractivity contribution in [1.29, 1.82) is 0 Å². The van der Waals surface area contributed by atoms with Crippen LogP contribution in [0.4, 0.5) is 0 Å². The van der Waals surface area contributed by atoms with Gasteiger partial charge in [0.15, 0.2) is 6.04 Å². The summed E-state index contributed by atoms with van der Waals surface area (Å²) in [4.78, 5) is 5.03. The minimum Gasteiger partial charge on any atom is -0.392 e. The van der Waals surface area contributed by atoms with Crippen LogP contribution in [0, 0.1) is 40.4 Å².